The Hall–Kier alpha value is -2.47. The number of ether oxygens (including phenoxy) is 1. The Balaban J connectivity index is 1.86. The standard InChI is InChI=1S/C17H20N4O2/c1-12-11-13(2)19-17(18-12)20-15-6-4-3-5-14(15)16(22)21-7-9-23-10-8-21/h3-6,11H,7-10H2,1-2H3,(H,18,19,20). The largest absolute Gasteiger partial charge is 0.378 e. The van der Waals surface area contributed by atoms with E-state index in [-0.39, 0.29) is 5.91 Å². The fourth-order valence-corrected chi connectivity index (χ4v) is 2.62. The third-order valence-corrected chi connectivity index (χ3v) is 3.68. The Morgan fingerprint density at radius 2 is 1.78 bits per heavy atom. The summed E-state index contributed by atoms with van der Waals surface area (Å²) in [5.41, 5.74) is 3.11. The van der Waals surface area contributed by atoms with E-state index in [0.717, 1.165) is 11.4 Å². The van der Waals surface area contributed by atoms with Crippen LogP contribution in [0.5, 0.6) is 0 Å². The van der Waals surface area contributed by atoms with Gasteiger partial charge in [-0.15, -0.1) is 0 Å². The maximum atomic E-state index is 12.7. The number of aromatic nitrogens is 2. The molecule has 6 heteroatoms. The van der Waals surface area contributed by atoms with Crippen LogP contribution in [0, 0.1) is 13.8 Å². The van der Waals surface area contributed by atoms with E-state index < -0.39 is 0 Å². The number of nitrogens with zero attached hydrogens (tertiary/aromatic N) is 3. The van der Waals surface area contributed by atoms with Crippen molar-refractivity contribution in [3.05, 3.63) is 47.3 Å². The first kappa shape index (κ1) is 15.4. The summed E-state index contributed by atoms with van der Waals surface area (Å²) in [7, 11) is 0. The number of nitrogens with one attached hydrogen (secondary N) is 1. The average molecular weight is 312 g/mol. The molecule has 0 aliphatic carbocycles. The summed E-state index contributed by atoms with van der Waals surface area (Å²) in [6.45, 7) is 6.25. The molecular formula is C17H20N4O2. The quantitative estimate of drug-likeness (QED) is 0.942. The molecule has 0 radical (unpaired) electrons. The highest BCUT2D eigenvalue weighted by Gasteiger charge is 2.21. The van der Waals surface area contributed by atoms with Crippen molar-refractivity contribution in [2.75, 3.05) is 31.6 Å². The number of rotatable bonds is 3. The molecule has 23 heavy (non-hydrogen) atoms. The Bertz CT molecular complexity index is 691. The highest BCUT2D eigenvalue weighted by atomic mass is 16.5. The molecule has 1 aromatic heterocycles. The number of carbonyl (C=O) groups is 1. The van der Waals surface area contributed by atoms with Gasteiger partial charge >= 0.3 is 0 Å². The van der Waals surface area contributed by atoms with Gasteiger partial charge in [-0.25, -0.2) is 9.97 Å². The first-order valence-corrected chi connectivity index (χ1v) is 7.69. The van der Waals surface area contributed by atoms with Gasteiger partial charge in [-0.05, 0) is 32.0 Å². The van der Waals surface area contributed by atoms with Crippen molar-refractivity contribution in [2.45, 2.75) is 13.8 Å². The number of aryl methyl sites for hydroxylation is 2. The van der Waals surface area contributed by atoms with Crippen molar-refractivity contribution in [3.8, 4) is 0 Å². The number of carbonyl (C=O) groups excluding carboxylic acids is 1. The normalized spacial score (nSPS) is 14.6. The molecule has 0 atom stereocenters. The number of para-hydroxylation sites is 1. The van der Waals surface area contributed by atoms with Crippen LogP contribution in [0.1, 0.15) is 21.7 Å². The van der Waals surface area contributed by atoms with Crippen molar-refractivity contribution in [1.29, 1.82) is 0 Å². The summed E-state index contributed by atoms with van der Waals surface area (Å²) in [5, 5.41) is 3.17. The molecule has 0 spiro atoms. The van der Waals surface area contributed by atoms with Crippen LogP contribution in [0.15, 0.2) is 30.3 Å². The number of hydrogen-bond acceptors (Lipinski definition) is 5. The van der Waals surface area contributed by atoms with Gasteiger partial charge in [0.1, 0.15) is 0 Å². The van der Waals surface area contributed by atoms with Gasteiger partial charge in [0, 0.05) is 24.5 Å². The Labute approximate surface area is 135 Å². The fourth-order valence-electron chi connectivity index (χ4n) is 2.62. The maximum Gasteiger partial charge on any atom is 0.256 e. The molecule has 1 aromatic carbocycles. The van der Waals surface area contributed by atoms with E-state index in [1.54, 1.807) is 0 Å². The van der Waals surface area contributed by atoms with Gasteiger partial charge in [-0.3, -0.25) is 4.79 Å². The van der Waals surface area contributed by atoms with Crippen LogP contribution in [0.2, 0.25) is 0 Å². The second kappa shape index (κ2) is 6.75. The van der Waals surface area contributed by atoms with Gasteiger partial charge < -0.3 is 15.0 Å². The van der Waals surface area contributed by atoms with Crippen molar-refractivity contribution in [3.63, 3.8) is 0 Å². The zero-order chi connectivity index (χ0) is 16.2. The fraction of sp³-hybridized carbons (Fsp3) is 0.353. The number of amides is 1. The lowest BCUT2D eigenvalue weighted by atomic mass is 10.1. The zero-order valence-corrected chi connectivity index (χ0v) is 13.4. The van der Waals surface area contributed by atoms with Gasteiger partial charge in [0.25, 0.3) is 5.91 Å². The highest BCUT2D eigenvalue weighted by molar-refractivity contribution is 6.00. The number of benzene rings is 1. The first-order chi connectivity index (χ1) is 11.1. The minimum atomic E-state index is 0.000718. The van der Waals surface area contributed by atoms with Crippen molar-refractivity contribution in [2.24, 2.45) is 0 Å². The molecule has 120 valence electrons. The number of morpholine rings is 1. The van der Waals surface area contributed by atoms with E-state index in [1.807, 2.05) is 49.1 Å². The summed E-state index contributed by atoms with van der Waals surface area (Å²) >= 11 is 0. The molecule has 2 aromatic rings. The topological polar surface area (TPSA) is 67.4 Å². The Morgan fingerprint density at radius 3 is 2.48 bits per heavy atom. The molecule has 1 N–H and O–H groups in total. The Kier molecular flexibility index (Phi) is 4.52. The third kappa shape index (κ3) is 3.65. The van der Waals surface area contributed by atoms with Gasteiger partial charge in [-0.2, -0.15) is 0 Å². The summed E-state index contributed by atoms with van der Waals surface area (Å²) in [5.74, 6) is 0.505. The predicted octanol–water partition coefficient (Wildman–Crippen LogP) is 2.31. The molecule has 2 heterocycles. The molecule has 1 aliphatic rings. The molecule has 6 nitrogen and oxygen atoms in total. The molecule has 0 saturated carbocycles. The van der Waals surface area contributed by atoms with Crippen molar-refractivity contribution in [1.82, 2.24) is 14.9 Å². The minimum absolute atomic E-state index is 0.000718. The van der Waals surface area contributed by atoms with Gasteiger partial charge in [0.2, 0.25) is 5.95 Å². The SMILES string of the molecule is Cc1cc(C)nc(Nc2ccccc2C(=O)N2CCOCC2)n1. The third-order valence-electron chi connectivity index (χ3n) is 3.68. The van der Waals surface area contributed by atoms with Crippen LogP contribution in [0.25, 0.3) is 0 Å². The molecule has 3 rings (SSSR count). The van der Waals surface area contributed by atoms with E-state index in [4.69, 9.17) is 4.74 Å². The first-order valence-electron chi connectivity index (χ1n) is 7.69. The van der Waals surface area contributed by atoms with E-state index in [2.05, 4.69) is 15.3 Å². The van der Waals surface area contributed by atoms with Crippen molar-refractivity contribution < 1.29 is 9.53 Å². The predicted molar refractivity (Wildman–Crippen MR) is 88.0 cm³/mol. The average Bonchev–Trinajstić information content (AvgIpc) is 2.54. The summed E-state index contributed by atoms with van der Waals surface area (Å²) < 4.78 is 5.31. The molecule has 1 aliphatic heterocycles. The van der Waals surface area contributed by atoms with E-state index in [9.17, 15) is 4.79 Å². The monoisotopic (exact) mass is 312 g/mol. The number of anilines is 2. The second-order valence-corrected chi connectivity index (χ2v) is 5.55. The van der Waals surface area contributed by atoms with Gasteiger partial charge in [0.15, 0.2) is 0 Å². The summed E-state index contributed by atoms with van der Waals surface area (Å²) in [4.78, 5) is 23.3. The van der Waals surface area contributed by atoms with Crippen molar-refractivity contribution >= 4 is 17.5 Å². The van der Waals surface area contributed by atoms with Gasteiger partial charge in [-0.1, -0.05) is 12.1 Å². The van der Waals surface area contributed by atoms with E-state index in [0.29, 0.717) is 43.5 Å². The van der Waals surface area contributed by atoms with Crippen LogP contribution >= 0.6 is 0 Å². The number of hydrogen-bond donors (Lipinski definition) is 1. The lowest BCUT2D eigenvalue weighted by Gasteiger charge is -2.27. The van der Waals surface area contributed by atoms with Crippen LogP contribution in [0.4, 0.5) is 11.6 Å². The minimum Gasteiger partial charge on any atom is -0.378 e. The zero-order valence-electron chi connectivity index (χ0n) is 13.4. The molecule has 1 amide bonds. The molecule has 1 fully saturated rings. The van der Waals surface area contributed by atoms with Crippen LogP contribution < -0.4 is 5.32 Å². The molecule has 0 bridgehead atoms. The van der Waals surface area contributed by atoms with Gasteiger partial charge in [0.05, 0.1) is 24.5 Å². The van der Waals surface area contributed by atoms with E-state index >= 15 is 0 Å². The Morgan fingerprint density at radius 1 is 1.13 bits per heavy atom. The van der Waals surface area contributed by atoms with Crippen LogP contribution in [-0.2, 0) is 4.74 Å². The molecule has 1 saturated heterocycles. The van der Waals surface area contributed by atoms with E-state index in [1.165, 1.54) is 0 Å². The molecular weight excluding hydrogens is 292 g/mol. The lowest BCUT2D eigenvalue weighted by molar-refractivity contribution is 0.0303. The smallest absolute Gasteiger partial charge is 0.256 e. The van der Waals surface area contributed by atoms with Crippen LogP contribution in [0.3, 0.4) is 0 Å². The highest BCUT2D eigenvalue weighted by Crippen LogP contribution is 2.21. The second-order valence-electron chi connectivity index (χ2n) is 5.55. The maximum absolute atomic E-state index is 12.7. The lowest BCUT2D eigenvalue weighted by Crippen LogP contribution is -2.40. The molecule has 0 unspecified atom stereocenters. The summed E-state index contributed by atoms with van der Waals surface area (Å²) in [6.07, 6.45) is 0. The van der Waals surface area contributed by atoms with Crippen LogP contribution in [-0.4, -0.2) is 47.1 Å². The summed E-state index contributed by atoms with van der Waals surface area (Å²) in [6, 6.07) is 9.36.